The lowest BCUT2D eigenvalue weighted by Gasteiger charge is -2.27. The van der Waals surface area contributed by atoms with Gasteiger partial charge in [0.25, 0.3) is 5.91 Å². The third-order valence-electron chi connectivity index (χ3n) is 5.55. The first kappa shape index (κ1) is 20.4. The lowest BCUT2D eigenvalue weighted by Crippen LogP contribution is -2.44. The molecule has 0 bridgehead atoms. The number of imide groups is 1. The Morgan fingerprint density at radius 2 is 2.00 bits per heavy atom. The molecule has 2 aliphatic heterocycles. The van der Waals surface area contributed by atoms with Gasteiger partial charge in [0.15, 0.2) is 0 Å². The molecule has 156 valence electrons. The Balaban J connectivity index is 1.48. The van der Waals surface area contributed by atoms with Gasteiger partial charge in [-0.1, -0.05) is 45.8 Å². The number of carbonyl (C=O) groups is 3. The molecule has 2 atom stereocenters. The number of carbonyl (C=O) groups excluding carboxylic acids is 3. The fourth-order valence-corrected chi connectivity index (χ4v) is 4.20. The van der Waals surface area contributed by atoms with Crippen molar-refractivity contribution < 1.29 is 19.1 Å². The Hall–Kier alpha value is -2.87. The largest absolute Gasteiger partial charge is 0.493 e. The maximum atomic E-state index is 13.0. The van der Waals surface area contributed by atoms with E-state index in [0.717, 1.165) is 26.2 Å². The molecular weight excluding hydrogens is 450 g/mol. The van der Waals surface area contributed by atoms with E-state index in [2.05, 4.69) is 26.6 Å². The third kappa shape index (κ3) is 3.67. The Kier molecular flexibility index (Phi) is 5.27. The van der Waals surface area contributed by atoms with E-state index in [9.17, 15) is 14.4 Å². The Labute approximate surface area is 182 Å². The number of nitrogens with one attached hydrogen (secondary N) is 2. The van der Waals surface area contributed by atoms with Crippen LogP contribution in [0.15, 0.2) is 46.9 Å². The number of nitrogens with zero attached hydrogens (tertiary/aromatic N) is 1. The average molecular weight is 472 g/mol. The third-order valence-corrected chi connectivity index (χ3v) is 6.05. The van der Waals surface area contributed by atoms with Crippen molar-refractivity contribution in [1.82, 2.24) is 15.5 Å². The number of fused-ring (bicyclic) bond motifs is 1. The van der Waals surface area contributed by atoms with Crippen molar-refractivity contribution >= 4 is 33.8 Å². The van der Waals surface area contributed by atoms with E-state index in [-0.39, 0.29) is 12.6 Å². The zero-order chi connectivity index (χ0) is 21.5. The molecule has 7 nitrogen and oxygen atoms in total. The highest BCUT2D eigenvalue weighted by atomic mass is 79.9. The first-order valence-electron chi connectivity index (χ1n) is 9.71. The van der Waals surface area contributed by atoms with Crippen LogP contribution in [0.2, 0.25) is 0 Å². The highest BCUT2D eigenvalue weighted by Gasteiger charge is 2.49. The predicted molar refractivity (Wildman–Crippen MR) is 114 cm³/mol. The molecule has 0 spiro atoms. The Morgan fingerprint density at radius 3 is 2.73 bits per heavy atom. The number of urea groups is 1. The molecule has 2 aliphatic rings. The minimum absolute atomic E-state index is 0.247. The highest BCUT2D eigenvalue weighted by molar-refractivity contribution is 9.10. The predicted octanol–water partition coefficient (Wildman–Crippen LogP) is 3.16. The van der Waals surface area contributed by atoms with E-state index in [0.29, 0.717) is 18.6 Å². The van der Waals surface area contributed by atoms with Gasteiger partial charge in [0, 0.05) is 16.5 Å². The van der Waals surface area contributed by atoms with Gasteiger partial charge in [0.05, 0.1) is 12.6 Å². The summed E-state index contributed by atoms with van der Waals surface area (Å²) in [6.07, 6.45) is 0.608. The lowest BCUT2D eigenvalue weighted by molar-refractivity contribution is -0.135. The van der Waals surface area contributed by atoms with Gasteiger partial charge in [0.2, 0.25) is 5.91 Å². The second kappa shape index (κ2) is 7.75. The topological polar surface area (TPSA) is 87.7 Å². The molecule has 30 heavy (non-hydrogen) atoms. The Morgan fingerprint density at radius 1 is 1.27 bits per heavy atom. The van der Waals surface area contributed by atoms with Gasteiger partial charge in [-0.05, 0) is 37.6 Å². The molecule has 2 aromatic carbocycles. The number of hydrogen-bond acceptors (Lipinski definition) is 4. The SMILES string of the molecule is Cc1ccc(C2(C)NC(=O)N(CC(=O)NC3CCOc4ccc(Br)cc43)C2=O)cc1. The molecule has 4 amide bonds. The molecule has 0 aliphatic carbocycles. The summed E-state index contributed by atoms with van der Waals surface area (Å²) in [5.41, 5.74) is 1.41. The summed E-state index contributed by atoms with van der Waals surface area (Å²) >= 11 is 3.44. The minimum atomic E-state index is -1.19. The lowest BCUT2D eigenvalue weighted by atomic mass is 9.91. The molecule has 2 aromatic rings. The number of amides is 4. The monoisotopic (exact) mass is 471 g/mol. The van der Waals surface area contributed by atoms with Gasteiger partial charge in [-0.15, -0.1) is 0 Å². The molecule has 1 fully saturated rings. The van der Waals surface area contributed by atoms with Crippen molar-refractivity contribution in [3.8, 4) is 5.75 Å². The number of ether oxygens (including phenoxy) is 1. The van der Waals surface area contributed by atoms with Crippen LogP contribution < -0.4 is 15.4 Å². The molecule has 8 heteroatoms. The molecule has 2 heterocycles. The quantitative estimate of drug-likeness (QED) is 0.670. The molecule has 1 saturated heterocycles. The van der Waals surface area contributed by atoms with Crippen molar-refractivity contribution in [3.05, 3.63) is 63.6 Å². The molecule has 0 radical (unpaired) electrons. The van der Waals surface area contributed by atoms with Crippen LogP contribution in [0.25, 0.3) is 0 Å². The van der Waals surface area contributed by atoms with Crippen LogP contribution in [0.3, 0.4) is 0 Å². The van der Waals surface area contributed by atoms with Crippen molar-refractivity contribution in [2.75, 3.05) is 13.2 Å². The van der Waals surface area contributed by atoms with Crippen LogP contribution in [0, 0.1) is 6.92 Å². The van der Waals surface area contributed by atoms with Crippen LogP contribution in [-0.2, 0) is 15.1 Å². The van der Waals surface area contributed by atoms with E-state index in [4.69, 9.17) is 4.74 Å². The number of hydrogen-bond donors (Lipinski definition) is 2. The summed E-state index contributed by atoms with van der Waals surface area (Å²) < 4.78 is 6.52. The second-order valence-electron chi connectivity index (χ2n) is 7.75. The van der Waals surface area contributed by atoms with Crippen LogP contribution in [0.4, 0.5) is 4.79 Å². The molecule has 2 N–H and O–H groups in total. The summed E-state index contributed by atoms with van der Waals surface area (Å²) in [6, 6.07) is 12.2. The van der Waals surface area contributed by atoms with Crippen molar-refractivity contribution in [2.45, 2.75) is 31.8 Å². The van der Waals surface area contributed by atoms with Gasteiger partial charge in [-0.3, -0.25) is 14.5 Å². The number of halogens is 1. The highest BCUT2D eigenvalue weighted by Crippen LogP contribution is 2.34. The maximum Gasteiger partial charge on any atom is 0.325 e. The smallest absolute Gasteiger partial charge is 0.325 e. The molecule has 4 rings (SSSR count). The first-order chi connectivity index (χ1) is 14.3. The normalized spacial score (nSPS) is 22.9. The summed E-state index contributed by atoms with van der Waals surface area (Å²) in [6.45, 7) is 3.74. The number of aryl methyl sites for hydroxylation is 1. The zero-order valence-electron chi connectivity index (χ0n) is 16.7. The Bertz CT molecular complexity index is 1020. The number of rotatable bonds is 4. The fourth-order valence-electron chi connectivity index (χ4n) is 3.82. The fraction of sp³-hybridized carbons (Fsp3) is 0.318. The first-order valence-corrected chi connectivity index (χ1v) is 10.5. The second-order valence-corrected chi connectivity index (χ2v) is 8.67. The molecule has 2 unspecified atom stereocenters. The van der Waals surface area contributed by atoms with Crippen LogP contribution in [0.5, 0.6) is 5.75 Å². The number of benzene rings is 2. The van der Waals surface area contributed by atoms with E-state index in [1.165, 1.54) is 0 Å². The summed E-state index contributed by atoms with van der Waals surface area (Å²) in [5, 5.41) is 5.66. The van der Waals surface area contributed by atoms with Crippen molar-refractivity contribution in [3.63, 3.8) is 0 Å². The average Bonchev–Trinajstić information content (AvgIpc) is 2.93. The van der Waals surface area contributed by atoms with Gasteiger partial charge < -0.3 is 15.4 Å². The van der Waals surface area contributed by atoms with Crippen LogP contribution >= 0.6 is 15.9 Å². The van der Waals surface area contributed by atoms with Crippen molar-refractivity contribution in [2.24, 2.45) is 0 Å². The van der Waals surface area contributed by atoms with E-state index < -0.39 is 23.4 Å². The maximum absolute atomic E-state index is 13.0. The van der Waals surface area contributed by atoms with E-state index in [1.807, 2.05) is 49.4 Å². The summed E-state index contributed by atoms with van der Waals surface area (Å²) in [5.74, 6) is -0.122. The van der Waals surface area contributed by atoms with Gasteiger partial charge in [-0.25, -0.2) is 4.79 Å². The van der Waals surface area contributed by atoms with Gasteiger partial charge in [0.1, 0.15) is 17.8 Å². The zero-order valence-corrected chi connectivity index (χ0v) is 18.3. The van der Waals surface area contributed by atoms with Crippen LogP contribution in [-0.4, -0.2) is 35.9 Å². The van der Waals surface area contributed by atoms with E-state index in [1.54, 1.807) is 6.92 Å². The minimum Gasteiger partial charge on any atom is -0.493 e. The summed E-state index contributed by atoms with van der Waals surface area (Å²) in [7, 11) is 0. The van der Waals surface area contributed by atoms with Crippen molar-refractivity contribution in [1.29, 1.82) is 0 Å². The standard InChI is InChI=1S/C22H22BrN3O4/c1-13-3-5-14(6-4-13)22(2)20(28)26(21(29)25-22)12-19(27)24-17-9-10-30-18-8-7-15(23)11-16(17)18/h3-8,11,17H,9-10,12H2,1-2H3,(H,24,27)(H,25,29). The van der Waals surface area contributed by atoms with Crippen LogP contribution in [0.1, 0.15) is 36.1 Å². The van der Waals surface area contributed by atoms with Gasteiger partial charge in [-0.2, -0.15) is 0 Å². The summed E-state index contributed by atoms with van der Waals surface area (Å²) in [4.78, 5) is 39.2. The van der Waals surface area contributed by atoms with E-state index >= 15 is 0 Å². The molecule has 0 saturated carbocycles. The molecular formula is C22H22BrN3O4. The van der Waals surface area contributed by atoms with Gasteiger partial charge >= 0.3 is 6.03 Å². The molecule has 0 aromatic heterocycles.